The van der Waals surface area contributed by atoms with E-state index in [1.54, 1.807) is 7.11 Å². The molecule has 0 spiro atoms. The zero-order valence-corrected chi connectivity index (χ0v) is 11.9. The highest BCUT2D eigenvalue weighted by molar-refractivity contribution is 5.41. The van der Waals surface area contributed by atoms with Crippen LogP contribution in [0.5, 0.6) is 5.75 Å². The van der Waals surface area contributed by atoms with Crippen LogP contribution in [0.25, 0.3) is 0 Å². The van der Waals surface area contributed by atoms with Crippen LogP contribution in [-0.2, 0) is 0 Å². The molecule has 0 radical (unpaired) electrons. The summed E-state index contributed by atoms with van der Waals surface area (Å²) in [7, 11) is 3.66. The predicted molar refractivity (Wildman–Crippen MR) is 77.6 cm³/mol. The number of nitrogens with zero attached hydrogens (tertiary/aromatic N) is 1. The Morgan fingerprint density at radius 2 is 1.89 bits per heavy atom. The summed E-state index contributed by atoms with van der Waals surface area (Å²) in [6.07, 6.45) is 3.77. The quantitative estimate of drug-likeness (QED) is 0.913. The molecule has 0 aliphatic rings. The lowest BCUT2D eigenvalue weighted by Crippen LogP contribution is -2.18. The number of ether oxygens (including phenoxy) is 1. The van der Waals surface area contributed by atoms with E-state index in [2.05, 4.69) is 41.5 Å². The van der Waals surface area contributed by atoms with Crippen LogP contribution in [0, 0.1) is 13.8 Å². The lowest BCUT2D eigenvalue weighted by Gasteiger charge is -2.18. The van der Waals surface area contributed by atoms with Crippen molar-refractivity contribution in [3.8, 4) is 5.75 Å². The van der Waals surface area contributed by atoms with Crippen molar-refractivity contribution in [1.29, 1.82) is 0 Å². The van der Waals surface area contributed by atoms with E-state index in [-0.39, 0.29) is 6.04 Å². The third-order valence-electron chi connectivity index (χ3n) is 3.28. The molecule has 3 heteroatoms. The topological polar surface area (TPSA) is 34.2 Å². The Morgan fingerprint density at radius 3 is 2.53 bits per heavy atom. The van der Waals surface area contributed by atoms with E-state index in [0.29, 0.717) is 0 Å². The van der Waals surface area contributed by atoms with Crippen molar-refractivity contribution < 1.29 is 4.74 Å². The molecule has 0 bridgehead atoms. The summed E-state index contributed by atoms with van der Waals surface area (Å²) in [5, 5.41) is 3.34. The summed E-state index contributed by atoms with van der Waals surface area (Å²) < 4.78 is 5.40. The third-order valence-corrected chi connectivity index (χ3v) is 3.28. The molecule has 0 saturated heterocycles. The highest BCUT2D eigenvalue weighted by Gasteiger charge is 2.14. The van der Waals surface area contributed by atoms with E-state index in [0.717, 1.165) is 22.4 Å². The van der Waals surface area contributed by atoms with Crippen LogP contribution in [0.4, 0.5) is 0 Å². The minimum atomic E-state index is 0.127. The third kappa shape index (κ3) is 2.93. The van der Waals surface area contributed by atoms with Gasteiger partial charge in [-0.1, -0.05) is 18.2 Å². The SMILES string of the molecule is CNC(c1cncc(C)c1)c1ccc(C)c(OC)c1. The Balaban J connectivity index is 2.42. The number of aromatic nitrogens is 1. The second-order valence-electron chi connectivity index (χ2n) is 4.75. The van der Waals surface area contributed by atoms with Crippen molar-refractivity contribution >= 4 is 0 Å². The zero-order valence-electron chi connectivity index (χ0n) is 11.9. The molecule has 1 unspecified atom stereocenters. The van der Waals surface area contributed by atoms with E-state index >= 15 is 0 Å². The molecule has 0 saturated carbocycles. The molecule has 0 aliphatic heterocycles. The molecular weight excluding hydrogens is 236 g/mol. The minimum absolute atomic E-state index is 0.127. The van der Waals surface area contributed by atoms with Gasteiger partial charge in [0.1, 0.15) is 5.75 Å². The minimum Gasteiger partial charge on any atom is -0.496 e. The Kier molecular flexibility index (Phi) is 4.17. The van der Waals surface area contributed by atoms with Gasteiger partial charge in [0.15, 0.2) is 0 Å². The van der Waals surface area contributed by atoms with Gasteiger partial charge in [0.05, 0.1) is 13.2 Å². The molecule has 0 amide bonds. The van der Waals surface area contributed by atoms with Crippen LogP contribution in [0.15, 0.2) is 36.7 Å². The Hall–Kier alpha value is -1.87. The lowest BCUT2D eigenvalue weighted by atomic mass is 9.98. The van der Waals surface area contributed by atoms with Crippen molar-refractivity contribution in [1.82, 2.24) is 10.3 Å². The van der Waals surface area contributed by atoms with Gasteiger partial charge in [0.25, 0.3) is 0 Å². The van der Waals surface area contributed by atoms with Crippen LogP contribution in [0.1, 0.15) is 28.3 Å². The first-order chi connectivity index (χ1) is 9.15. The lowest BCUT2D eigenvalue weighted by molar-refractivity contribution is 0.410. The fraction of sp³-hybridized carbons (Fsp3) is 0.312. The van der Waals surface area contributed by atoms with Gasteiger partial charge in [-0.25, -0.2) is 0 Å². The highest BCUT2D eigenvalue weighted by Crippen LogP contribution is 2.27. The summed E-state index contributed by atoms with van der Waals surface area (Å²) in [5.74, 6) is 0.915. The number of pyridine rings is 1. The molecule has 1 heterocycles. The Morgan fingerprint density at radius 1 is 1.11 bits per heavy atom. The molecule has 1 atom stereocenters. The first-order valence-electron chi connectivity index (χ1n) is 6.39. The molecule has 1 aromatic heterocycles. The first kappa shape index (κ1) is 13.6. The van der Waals surface area contributed by atoms with Crippen molar-refractivity contribution in [2.24, 2.45) is 0 Å². The van der Waals surface area contributed by atoms with Gasteiger partial charge in [-0.3, -0.25) is 4.98 Å². The van der Waals surface area contributed by atoms with Gasteiger partial charge in [-0.05, 0) is 49.2 Å². The van der Waals surface area contributed by atoms with Crippen molar-refractivity contribution in [2.45, 2.75) is 19.9 Å². The maximum absolute atomic E-state index is 5.40. The van der Waals surface area contributed by atoms with E-state index in [4.69, 9.17) is 4.74 Å². The molecule has 1 aromatic carbocycles. The summed E-state index contributed by atoms with van der Waals surface area (Å²) in [6.45, 7) is 4.10. The van der Waals surface area contributed by atoms with Gasteiger partial charge < -0.3 is 10.1 Å². The van der Waals surface area contributed by atoms with Gasteiger partial charge >= 0.3 is 0 Å². The molecule has 3 nitrogen and oxygen atoms in total. The Bertz CT molecular complexity index is 566. The summed E-state index contributed by atoms with van der Waals surface area (Å²) >= 11 is 0. The monoisotopic (exact) mass is 256 g/mol. The first-order valence-corrected chi connectivity index (χ1v) is 6.39. The molecule has 19 heavy (non-hydrogen) atoms. The highest BCUT2D eigenvalue weighted by atomic mass is 16.5. The number of hydrogen-bond donors (Lipinski definition) is 1. The van der Waals surface area contributed by atoms with Crippen LogP contribution in [-0.4, -0.2) is 19.1 Å². The van der Waals surface area contributed by atoms with Crippen molar-refractivity contribution in [3.05, 3.63) is 58.9 Å². The second kappa shape index (κ2) is 5.85. The maximum Gasteiger partial charge on any atom is 0.122 e. The molecule has 100 valence electrons. The summed E-state index contributed by atoms with van der Waals surface area (Å²) in [5.41, 5.74) is 4.64. The number of methoxy groups -OCH3 is 1. The fourth-order valence-electron chi connectivity index (χ4n) is 2.28. The van der Waals surface area contributed by atoms with Gasteiger partial charge in [-0.2, -0.15) is 0 Å². The van der Waals surface area contributed by atoms with Crippen molar-refractivity contribution in [2.75, 3.05) is 14.2 Å². The van der Waals surface area contributed by atoms with E-state index < -0.39 is 0 Å². The molecular formula is C16H20N2O. The Labute approximate surface area is 114 Å². The summed E-state index contributed by atoms with van der Waals surface area (Å²) in [6, 6.07) is 8.57. The van der Waals surface area contributed by atoms with Crippen LogP contribution in [0.2, 0.25) is 0 Å². The zero-order chi connectivity index (χ0) is 13.8. The van der Waals surface area contributed by atoms with Crippen LogP contribution >= 0.6 is 0 Å². The van der Waals surface area contributed by atoms with Crippen molar-refractivity contribution in [3.63, 3.8) is 0 Å². The molecule has 0 fully saturated rings. The predicted octanol–water partition coefficient (Wildman–Crippen LogP) is 3.02. The number of rotatable bonds is 4. The fourth-order valence-corrected chi connectivity index (χ4v) is 2.28. The normalized spacial score (nSPS) is 12.2. The average molecular weight is 256 g/mol. The van der Waals surface area contributed by atoms with Crippen LogP contribution < -0.4 is 10.1 Å². The number of nitrogens with one attached hydrogen (secondary N) is 1. The smallest absolute Gasteiger partial charge is 0.122 e. The van der Waals surface area contributed by atoms with E-state index in [1.807, 2.05) is 26.4 Å². The van der Waals surface area contributed by atoms with Gasteiger partial charge in [0.2, 0.25) is 0 Å². The van der Waals surface area contributed by atoms with Gasteiger partial charge in [0, 0.05) is 12.4 Å². The summed E-state index contributed by atoms with van der Waals surface area (Å²) in [4.78, 5) is 4.27. The molecule has 0 aliphatic carbocycles. The van der Waals surface area contributed by atoms with E-state index in [9.17, 15) is 0 Å². The van der Waals surface area contributed by atoms with Gasteiger partial charge in [-0.15, -0.1) is 0 Å². The average Bonchev–Trinajstić information content (AvgIpc) is 2.41. The second-order valence-corrected chi connectivity index (χ2v) is 4.75. The number of aryl methyl sites for hydroxylation is 2. The standard InChI is InChI=1S/C16H20N2O/c1-11-7-14(10-18-9-11)16(17-3)13-6-5-12(2)15(8-13)19-4/h5-10,16-17H,1-4H3. The maximum atomic E-state index is 5.40. The van der Waals surface area contributed by atoms with Crippen LogP contribution in [0.3, 0.4) is 0 Å². The molecule has 1 N–H and O–H groups in total. The number of hydrogen-bond acceptors (Lipinski definition) is 3. The molecule has 2 aromatic rings. The van der Waals surface area contributed by atoms with E-state index in [1.165, 1.54) is 5.56 Å². The largest absolute Gasteiger partial charge is 0.496 e. The number of benzene rings is 1. The molecule has 2 rings (SSSR count).